The Morgan fingerprint density at radius 1 is 0.459 bits per heavy atom. The quantitative estimate of drug-likeness (QED) is 0.0322. The summed E-state index contributed by atoms with van der Waals surface area (Å²) in [4.78, 5) is 24.4. The second kappa shape index (κ2) is 50.7. The molecule has 61 heavy (non-hydrogen) atoms. The van der Waals surface area contributed by atoms with E-state index in [9.17, 15) is 19.8 Å². The number of aliphatic hydroxyl groups excluding tert-OH is 2. The highest BCUT2D eigenvalue weighted by Crippen LogP contribution is 2.16. The lowest BCUT2D eigenvalue weighted by atomic mass is 10.0. The summed E-state index contributed by atoms with van der Waals surface area (Å²) in [6.07, 6.45) is 61.3. The standard InChI is InChI=1S/C55H103NO5/c1-3-5-7-9-11-13-15-25-29-33-37-41-45-49-55(60)61-50-46-42-38-34-30-27-24-22-20-18-16-17-19-21-23-26-28-32-36-40-44-48-54(59)56-52(51-57)53(58)47-43-39-35-31-14-12-10-8-6-4-2/h7,9,13,15,17,19,52-53,57-58H,3-6,8,10-12,14,16,18,20-51H2,1-2H3,(H,56,59)/b9-7-,15-13-,19-17-. The van der Waals surface area contributed by atoms with E-state index in [1.54, 1.807) is 0 Å². The molecule has 0 aromatic heterocycles. The predicted molar refractivity (Wildman–Crippen MR) is 264 cm³/mol. The summed E-state index contributed by atoms with van der Waals surface area (Å²) in [5.74, 6) is -0.0531. The van der Waals surface area contributed by atoms with Crippen LogP contribution in [0.3, 0.4) is 0 Å². The number of rotatable bonds is 49. The first-order chi connectivity index (χ1) is 30.0. The first kappa shape index (κ1) is 59.1. The van der Waals surface area contributed by atoms with E-state index in [2.05, 4.69) is 55.6 Å². The van der Waals surface area contributed by atoms with Crippen LogP contribution in [0, 0.1) is 0 Å². The van der Waals surface area contributed by atoms with Crippen LogP contribution in [-0.2, 0) is 14.3 Å². The van der Waals surface area contributed by atoms with Crippen molar-refractivity contribution in [2.45, 2.75) is 289 Å². The van der Waals surface area contributed by atoms with Crippen LogP contribution in [-0.4, -0.2) is 47.4 Å². The summed E-state index contributed by atoms with van der Waals surface area (Å²) < 4.78 is 5.45. The van der Waals surface area contributed by atoms with Crippen molar-refractivity contribution in [3.8, 4) is 0 Å². The summed E-state index contributed by atoms with van der Waals surface area (Å²) in [6.45, 7) is 4.86. The number of nitrogens with one attached hydrogen (secondary N) is 1. The predicted octanol–water partition coefficient (Wildman–Crippen LogP) is 16.1. The molecule has 6 nitrogen and oxygen atoms in total. The minimum atomic E-state index is -0.667. The van der Waals surface area contributed by atoms with E-state index >= 15 is 0 Å². The number of hydrogen-bond donors (Lipinski definition) is 3. The third-order valence-corrected chi connectivity index (χ3v) is 12.1. The summed E-state index contributed by atoms with van der Waals surface area (Å²) in [7, 11) is 0. The van der Waals surface area contributed by atoms with Gasteiger partial charge in [0.1, 0.15) is 0 Å². The molecule has 2 unspecified atom stereocenters. The van der Waals surface area contributed by atoms with Crippen LogP contribution in [0.15, 0.2) is 36.5 Å². The number of unbranched alkanes of at least 4 members (excludes halogenated alkanes) is 32. The lowest BCUT2D eigenvalue weighted by Crippen LogP contribution is -2.45. The van der Waals surface area contributed by atoms with E-state index in [4.69, 9.17) is 4.74 Å². The Hall–Kier alpha value is -1.92. The zero-order chi connectivity index (χ0) is 44.4. The van der Waals surface area contributed by atoms with Crippen molar-refractivity contribution in [1.82, 2.24) is 5.32 Å². The molecular formula is C55H103NO5. The Kier molecular flexibility index (Phi) is 49.1. The molecule has 0 aromatic carbocycles. The fraction of sp³-hybridized carbons (Fsp3) is 0.855. The van der Waals surface area contributed by atoms with E-state index in [1.807, 2.05) is 0 Å². The average molecular weight is 858 g/mol. The number of carbonyl (C=O) groups is 2. The van der Waals surface area contributed by atoms with Crippen molar-refractivity contribution in [2.75, 3.05) is 13.2 Å². The average Bonchev–Trinajstić information content (AvgIpc) is 3.26. The number of amides is 1. The highest BCUT2D eigenvalue weighted by atomic mass is 16.5. The molecule has 0 bridgehead atoms. The van der Waals surface area contributed by atoms with E-state index in [0.29, 0.717) is 25.9 Å². The Labute approximate surface area is 379 Å². The van der Waals surface area contributed by atoms with Crippen molar-refractivity contribution in [1.29, 1.82) is 0 Å². The monoisotopic (exact) mass is 858 g/mol. The van der Waals surface area contributed by atoms with Gasteiger partial charge in [-0.25, -0.2) is 0 Å². The SMILES string of the molecule is CCC/C=C\C/C=C\CCCCCCCC(=O)OCCCCCCCCCCCC/C=C\CCCCCCCCCC(=O)NC(CO)C(O)CCCCCCCCCCCC. The smallest absolute Gasteiger partial charge is 0.305 e. The van der Waals surface area contributed by atoms with Crippen molar-refractivity contribution in [3.05, 3.63) is 36.5 Å². The molecular weight excluding hydrogens is 755 g/mol. The molecule has 1 amide bonds. The Morgan fingerprint density at radius 3 is 1.33 bits per heavy atom. The van der Waals surface area contributed by atoms with Gasteiger partial charge in [-0.2, -0.15) is 0 Å². The van der Waals surface area contributed by atoms with Crippen LogP contribution < -0.4 is 5.32 Å². The van der Waals surface area contributed by atoms with Gasteiger partial charge in [0.25, 0.3) is 0 Å². The van der Waals surface area contributed by atoms with Crippen molar-refractivity contribution in [2.24, 2.45) is 0 Å². The summed E-state index contributed by atoms with van der Waals surface area (Å²) >= 11 is 0. The molecule has 0 aliphatic rings. The first-order valence-electron chi connectivity index (χ1n) is 26.7. The maximum atomic E-state index is 12.4. The van der Waals surface area contributed by atoms with E-state index < -0.39 is 12.1 Å². The maximum Gasteiger partial charge on any atom is 0.305 e. The van der Waals surface area contributed by atoms with Crippen LogP contribution in [0.25, 0.3) is 0 Å². The molecule has 0 aliphatic carbocycles. The molecule has 0 rings (SSSR count). The lowest BCUT2D eigenvalue weighted by Gasteiger charge is -2.22. The highest BCUT2D eigenvalue weighted by Gasteiger charge is 2.20. The van der Waals surface area contributed by atoms with Gasteiger partial charge in [0.2, 0.25) is 5.91 Å². The van der Waals surface area contributed by atoms with E-state index in [0.717, 1.165) is 51.4 Å². The summed E-state index contributed by atoms with van der Waals surface area (Å²) in [6, 6.07) is -0.545. The van der Waals surface area contributed by atoms with Gasteiger partial charge in [0.05, 0.1) is 25.4 Å². The largest absolute Gasteiger partial charge is 0.466 e. The third kappa shape index (κ3) is 47.4. The molecule has 6 heteroatoms. The van der Waals surface area contributed by atoms with E-state index in [-0.39, 0.29) is 18.5 Å². The fourth-order valence-electron chi connectivity index (χ4n) is 8.02. The molecule has 2 atom stereocenters. The molecule has 0 fully saturated rings. The van der Waals surface area contributed by atoms with Crippen LogP contribution in [0.2, 0.25) is 0 Å². The molecule has 0 aliphatic heterocycles. The Bertz CT molecular complexity index is 993. The van der Waals surface area contributed by atoms with Gasteiger partial charge in [0.15, 0.2) is 0 Å². The van der Waals surface area contributed by atoms with Gasteiger partial charge in [-0.15, -0.1) is 0 Å². The number of esters is 1. The Balaban J connectivity index is 3.42. The fourth-order valence-corrected chi connectivity index (χ4v) is 8.02. The molecule has 0 radical (unpaired) electrons. The van der Waals surface area contributed by atoms with Gasteiger partial charge in [-0.3, -0.25) is 9.59 Å². The van der Waals surface area contributed by atoms with E-state index in [1.165, 1.54) is 193 Å². The van der Waals surface area contributed by atoms with Gasteiger partial charge < -0.3 is 20.3 Å². The minimum Gasteiger partial charge on any atom is -0.466 e. The molecule has 0 heterocycles. The second-order valence-corrected chi connectivity index (χ2v) is 18.2. The Morgan fingerprint density at radius 2 is 0.852 bits per heavy atom. The number of allylic oxidation sites excluding steroid dienone is 6. The van der Waals surface area contributed by atoms with Crippen LogP contribution in [0.1, 0.15) is 277 Å². The van der Waals surface area contributed by atoms with Gasteiger partial charge in [-0.05, 0) is 77.0 Å². The number of carbonyl (C=O) groups excluding carboxylic acids is 2. The zero-order valence-electron chi connectivity index (χ0n) is 40.6. The number of ether oxygens (including phenoxy) is 1. The lowest BCUT2D eigenvalue weighted by molar-refractivity contribution is -0.143. The van der Waals surface area contributed by atoms with Crippen molar-refractivity contribution in [3.63, 3.8) is 0 Å². The summed E-state index contributed by atoms with van der Waals surface area (Å²) in [5, 5.41) is 23.1. The van der Waals surface area contributed by atoms with Crippen LogP contribution in [0.5, 0.6) is 0 Å². The van der Waals surface area contributed by atoms with Gasteiger partial charge in [-0.1, -0.05) is 224 Å². The molecule has 3 N–H and O–H groups in total. The summed E-state index contributed by atoms with van der Waals surface area (Å²) in [5.41, 5.74) is 0. The maximum absolute atomic E-state index is 12.4. The minimum absolute atomic E-state index is 0.00779. The first-order valence-corrected chi connectivity index (χ1v) is 26.7. The number of aliphatic hydroxyl groups is 2. The van der Waals surface area contributed by atoms with Gasteiger partial charge in [0, 0.05) is 12.8 Å². The highest BCUT2D eigenvalue weighted by molar-refractivity contribution is 5.76. The topological polar surface area (TPSA) is 95.9 Å². The molecule has 0 saturated carbocycles. The van der Waals surface area contributed by atoms with Crippen LogP contribution in [0.4, 0.5) is 0 Å². The number of hydrogen-bond acceptors (Lipinski definition) is 5. The molecule has 0 aromatic rings. The van der Waals surface area contributed by atoms with Crippen LogP contribution >= 0.6 is 0 Å². The molecule has 0 saturated heterocycles. The van der Waals surface area contributed by atoms with Crippen molar-refractivity contribution < 1.29 is 24.5 Å². The zero-order valence-corrected chi connectivity index (χ0v) is 40.6. The molecule has 358 valence electrons. The second-order valence-electron chi connectivity index (χ2n) is 18.2. The van der Waals surface area contributed by atoms with Gasteiger partial charge >= 0.3 is 5.97 Å². The molecule has 0 spiro atoms. The van der Waals surface area contributed by atoms with Crippen molar-refractivity contribution >= 4 is 11.9 Å². The third-order valence-electron chi connectivity index (χ3n) is 12.1. The normalized spacial score (nSPS) is 12.9.